The molecule has 1 amide bonds. The number of aliphatic hydroxyl groups is 1. The number of carbonyl (C=O) groups is 1. The van der Waals surface area contributed by atoms with E-state index in [1.807, 2.05) is 6.92 Å². The molecule has 0 spiro atoms. The minimum absolute atomic E-state index is 0.0339. The number of anilines is 1. The number of benzene rings is 2. The minimum Gasteiger partial charge on any atom is -0.488 e. The van der Waals surface area contributed by atoms with E-state index >= 15 is 0 Å². The summed E-state index contributed by atoms with van der Waals surface area (Å²) in [5, 5.41) is 11.9. The summed E-state index contributed by atoms with van der Waals surface area (Å²) in [6.45, 7) is 3.50. The van der Waals surface area contributed by atoms with Crippen LogP contribution >= 0.6 is 22.9 Å². The van der Waals surface area contributed by atoms with Crippen molar-refractivity contribution in [1.29, 1.82) is 0 Å². The van der Waals surface area contributed by atoms with Crippen LogP contribution in [0.2, 0.25) is 5.02 Å². The number of thiophene rings is 1. The minimum atomic E-state index is -3.88. The number of nitrogens with zero attached hydrogens (tertiary/aromatic N) is 2. The molecule has 0 fully saturated rings. The number of sulfonamides is 2. The van der Waals surface area contributed by atoms with Gasteiger partial charge in [-0.3, -0.25) is 9.52 Å². The first-order chi connectivity index (χ1) is 19.3. The zero-order valence-electron chi connectivity index (χ0n) is 22.7. The van der Waals surface area contributed by atoms with Gasteiger partial charge in [0.15, 0.2) is 0 Å². The van der Waals surface area contributed by atoms with E-state index in [0.717, 1.165) is 11.3 Å². The lowest BCUT2D eigenvalue weighted by Gasteiger charge is -2.33. The Labute approximate surface area is 249 Å². The fraction of sp³-hybridized carbons (Fsp3) is 0.370. The number of rotatable bonds is 9. The Hall–Kier alpha value is -2.68. The van der Waals surface area contributed by atoms with E-state index in [-0.39, 0.29) is 52.7 Å². The Kier molecular flexibility index (Phi) is 9.66. The first-order valence-electron chi connectivity index (χ1n) is 12.8. The standard InChI is InChI=1S/C27H32ClN3O7S3/c1-18-15-31(19(2)17-32)26(33)14-20-13-22(29-40(34,35)27-5-4-12-39-27)8-11-24(20)38-25(18)16-30(3)41(36,37)23-9-6-21(28)7-10-23/h4-13,18-19,25,29,32H,14-17H2,1-3H3/t18-,19+,25+/m0/s1. The van der Waals surface area contributed by atoms with Crippen LogP contribution in [0.25, 0.3) is 0 Å². The van der Waals surface area contributed by atoms with Crippen molar-refractivity contribution in [2.75, 3.05) is 31.5 Å². The van der Waals surface area contributed by atoms with Crippen molar-refractivity contribution in [1.82, 2.24) is 9.21 Å². The summed E-state index contributed by atoms with van der Waals surface area (Å²) in [6.07, 6.45) is -0.791. The number of halogens is 1. The number of aliphatic hydroxyl groups excluding tert-OH is 1. The van der Waals surface area contributed by atoms with Gasteiger partial charge in [0.2, 0.25) is 15.9 Å². The average molecular weight is 642 g/mol. The van der Waals surface area contributed by atoms with Gasteiger partial charge in [0.1, 0.15) is 16.1 Å². The largest absolute Gasteiger partial charge is 0.488 e. The highest BCUT2D eigenvalue weighted by Crippen LogP contribution is 2.31. The van der Waals surface area contributed by atoms with Gasteiger partial charge in [0.25, 0.3) is 10.0 Å². The van der Waals surface area contributed by atoms with Crippen LogP contribution in [0.5, 0.6) is 5.75 Å². The molecule has 3 aromatic rings. The number of amides is 1. The molecule has 0 unspecified atom stereocenters. The highest BCUT2D eigenvalue weighted by Gasteiger charge is 2.33. The molecule has 1 aliphatic rings. The second kappa shape index (κ2) is 12.7. The Bertz CT molecular complexity index is 1580. The third-order valence-electron chi connectivity index (χ3n) is 6.89. The third-order valence-corrected chi connectivity index (χ3v) is 11.8. The number of carbonyl (C=O) groups excluding carboxylic acids is 1. The maximum Gasteiger partial charge on any atom is 0.271 e. The number of hydrogen-bond acceptors (Lipinski definition) is 8. The van der Waals surface area contributed by atoms with Crippen molar-refractivity contribution in [3.8, 4) is 5.75 Å². The second-order valence-electron chi connectivity index (χ2n) is 9.99. The van der Waals surface area contributed by atoms with E-state index in [0.29, 0.717) is 16.3 Å². The fourth-order valence-electron chi connectivity index (χ4n) is 4.47. The molecule has 10 nitrogen and oxygen atoms in total. The van der Waals surface area contributed by atoms with Crippen LogP contribution in [-0.4, -0.2) is 75.9 Å². The van der Waals surface area contributed by atoms with Crippen molar-refractivity contribution < 1.29 is 31.5 Å². The lowest BCUT2D eigenvalue weighted by molar-refractivity contribution is -0.134. The van der Waals surface area contributed by atoms with Crippen molar-refractivity contribution in [3.05, 3.63) is 70.6 Å². The van der Waals surface area contributed by atoms with E-state index in [1.165, 1.54) is 47.8 Å². The molecule has 222 valence electrons. The zero-order valence-corrected chi connectivity index (χ0v) is 25.9. The molecule has 2 N–H and O–H groups in total. The Morgan fingerprint density at radius 1 is 1.17 bits per heavy atom. The van der Waals surface area contributed by atoms with Gasteiger partial charge in [0, 0.05) is 35.8 Å². The number of hydrogen-bond donors (Lipinski definition) is 2. The van der Waals surface area contributed by atoms with Crippen LogP contribution in [-0.2, 0) is 31.3 Å². The smallest absolute Gasteiger partial charge is 0.271 e. The quantitative estimate of drug-likeness (QED) is 0.364. The molecule has 2 heterocycles. The molecule has 0 saturated carbocycles. The average Bonchev–Trinajstić information content (AvgIpc) is 3.49. The summed E-state index contributed by atoms with van der Waals surface area (Å²) < 4.78 is 62.5. The molecule has 1 aromatic heterocycles. The summed E-state index contributed by atoms with van der Waals surface area (Å²) in [7, 11) is -6.25. The summed E-state index contributed by atoms with van der Waals surface area (Å²) in [5.41, 5.74) is 0.681. The first-order valence-corrected chi connectivity index (χ1v) is 17.0. The molecular weight excluding hydrogens is 610 g/mol. The molecule has 0 saturated heterocycles. The van der Waals surface area contributed by atoms with Gasteiger partial charge in [0.05, 0.1) is 30.5 Å². The SMILES string of the molecule is C[C@H](CO)N1C[C@H](C)[C@@H](CN(C)S(=O)(=O)c2ccc(Cl)cc2)Oc2ccc(NS(=O)(=O)c3cccs3)cc2CC1=O. The van der Waals surface area contributed by atoms with Gasteiger partial charge < -0.3 is 14.7 Å². The lowest BCUT2D eigenvalue weighted by Crippen LogP contribution is -2.48. The van der Waals surface area contributed by atoms with Crippen molar-refractivity contribution in [2.24, 2.45) is 5.92 Å². The van der Waals surface area contributed by atoms with Crippen molar-refractivity contribution in [3.63, 3.8) is 0 Å². The van der Waals surface area contributed by atoms with E-state index in [9.17, 15) is 26.7 Å². The lowest BCUT2D eigenvalue weighted by atomic mass is 10.0. The maximum atomic E-state index is 13.4. The highest BCUT2D eigenvalue weighted by atomic mass is 35.5. The van der Waals surface area contributed by atoms with Gasteiger partial charge in [-0.15, -0.1) is 11.3 Å². The van der Waals surface area contributed by atoms with Gasteiger partial charge in [-0.2, -0.15) is 4.31 Å². The summed E-state index contributed by atoms with van der Waals surface area (Å²) in [4.78, 5) is 15.0. The summed E-state index contributed by atoms with van der Waals surface area (Å²) in [6, 6.07) is 13.2. The van der Waals surface area contributed by atoms with Gasteiger partial charge in [-0.1, -0.05) is 24.6 Å². The van der Waals surface area contributed by atoms with E-state index in [1.54, 1.807) is 35.4 Å². The molecule has 0 radical (unpaired) electrons. The molecule has 0 aliphatic carbocycles. The molecular formula is C27H32ClN3O7S3. The maximum absolute atomic E-state index is 13.4. The fourth-order valence-corrected chi connectivity index (χ4v) is 7.82. The molecule has 3 atom stereocenters. The first kappa shape index (κ1) is 31.3. The van der Waals surface area contributed by atoms with Gasteiger partial charge >= 0.3 is 0 Å². The Balaban J connectivity index is 1.68. The topological polar surface area (TPSA) is 133 Å². The van der Waals surface area contributed by atoms with Crippen LogP contribution < -0.4 is 9.46 Å². The number of likely N-dealkylation sites (N-methyl/N-ethyl adjacent to an activating group) is 1. The number of nitrogens with one attached hydrogen (secondary N) is 1. The van der Waals surface area contributed by atoms with Crippen molar-refractivity contribution >= 4 is 54.6 Å². The van der Waals surface area contributed by atoms with Gasteiger partial charge in [-0.25, -0.2) is 16.8 Å². The van der Waals surface area contributed by atoms with Crippen molar-refractivity contribution in [2.45, 2.75) is 41.5 Å². The van der Waals surface area contributed by atoms with E-state index in [2.05, 4.69) is 4.72 Å². The van der Waals surface area contributed by atoms with E-state index in [4.69, 9.17) is 16.3 Å². The Morgan fingerprint density at radius 3 is 2.51 bits per heavy atom. The van der Waals surface area contributed by atoms with Crippen LogP contribution in [0.1, 0.15) is 19.4 Å². The van der Waals surface area contributed by atoms with E-state index < -0.39 is 32.2 Å². The molecule has 14 heteroatoms. The molecule has 41 heavy (non-hydrogen) atoms. The second-order valence-corrected chi connectivity index (χ2v) is 15.3. The Morgan fingerprint density at radius 2 is 1.88 bits per heavy atom. The van der Waals surface area contributed by atoms with Crippen LogP contribution in [0.4, 0.5) is 5.69 Å². The third kappa shape index (κ3) is 7.22. The van der Waals surface area contributed by atoms with Crippen LogP contribution in [0.15, 0.2) is 69.1 Å². The number of ether oxygens (including phenoxy) is 1. The predicted octanol–water partition coefficient (Wildman–Crippen LogP) is 3.67. The highest BCUT2D eigenvalue weighted by molar-refractivity contribution is 7.94. The monoisotopic (exact) mass is 641 g/mol. The predicted molar refractivity (Wildman–Crippen MR) is 158 cm³/mol. The summed E-state index contributed by atoms with van der Waals surface area (Å²) in [5.74, 6) is -0.270. The molecule has 4 rings (SSSR count). The van der Waals surface area contributed by atoms with Crippen LogP contribution in [0.3, 0.4) is 0 Å². The van der Waals surface area contributed by atoms with Crippen LogP contribution in [0, 0.1) is 5.92 Å². The summed E-state index contributed by atoms with van der Waals surface area (Å²) >= 11 is 7.01. The zero-order chi connectivity index (χ0) is 29.9. The number of fused-ring (bicyclic) bond motifs is 1. The molecule has 0 bridgehead atoms. The van der Waals surface area contributed by atoms with Gasteiger partial charge in [-0.05, 0) is 60.8 Å². The molecule has 2 aromatic carbocycles. The normalized spacial score (nSPS) is 19.1. The molecule has 1 aliphatic heterocycles.